The van der Waals surface area contributed by atoms with Gasteiger partial charge < -0.3 is 14.8 Å². The first-order chi connectivity index (χ1) is 9.13. The summed E-state index contributed by atoms with van der Waals surface area (Å²) in [6.07, 6.45) is 2.37. The molecule has 3 atom stereocenters. The third-order valence-corrected chi connectivity index (χ3v) is 4.09. The van der Waals surface area contributed by atoms with E-state index in [1.165, 1.54) is 0 Å². The van der Waals surface area contributed by atoms with Crippen molar-refractivity contribution in [2.45, 2.75) is 31.9 Å². The zero-order valence-electron chi connectivity index (χ0n) is 11.8. The Hall–Kier alpha value is -0.770. The van der Waals surface area contributed by atoms with Crippen LogP contribution >= 0.6 is 11.6 Å². The van der Waals surface area contributed by atoms with Crippen LogP contribution in [0.25, 0.3) is 0 Å². The van der Waals surface area contributed by atoms with Crippen LogP contribution in [0.5, 0.6) is 5.75 Å². The summed E-state index contributed by atoms with van der Waals surface area (Å²) in [5.41, 5.74) is 1.15. The molecule has 19 heavy (non-hydrogen) atoms. The monoisotopic (exact) mass is 283 g/mol. The van der Waals surface area contributed by atoms with Gasteiger partial charge >= 0.3 is 0 Å². The van der Waals surface area contributed by atoms with Crippen LogP contribution in [0.2, 0.25) is 5.02 Å². The molecule has 3 nitrogen and oxygen atoms in total. The van der Waals surface area contributed by atoms with Crippen molar-refractivity contribution in [2.24, 2.45) is 5.92 Å². The Morgan fingerprint density at radius 3 is 2.89 bits per heavy atom. The Morgan fingerprint density at radius 2 is 2.32 bits per heavy atom. The summed E-state index contributed by atoms with van der Waals surface area (Å²) in [5, 5.41) is 4.16. The van der Waals surface area contributed by atoms with Crippen molar-refractivity contribution in [2.75, 3.05) is 20.8 Å². The van der Waals surface area contributed by atoms with Gasteiger partial charge in [-0.3, -0.25) is 0 Å². The largest absolute Gasteiger partial charge is 0.496 e. The highest BCUT2D eigenvalue weighted by molar-refractivity contribution is 6.30. The molecule has 2 rings (SSSR count). The lowest BCUT2D eigenvalue weighted by Crippen LogP contribution is -2.36. The number of likely N-dealkylation sites (N-methyl/N-ethyl adjacent to an activating group) is 1. The van der Waals surface area contributed by atoms with E-state index >= 15 is 0 Å². The summed E-state index contributed by atoms with van der Waals surface area (Å²) in [4.78, 5) is 0. The van der Waals surface area contributed by atoms with Gasteiger partial charge in [-0.1, -0.05) is 11.6 Å². The van der Waals surface area contributed by atoms with Gasteiger partial charge in [-0.2, -0.15) is 0 Å². The minimum atomic E-state index is 0.363. The van der Waals surface area contributed by atoms with E-state index in [1.807, 2.05) is 25.2 Å². The van der Waals surface area contributed by atoms with Crippen molar-refractivity contribution < 1.29 is 9.47 Å². The molecule has 1 aliphatic heterocycles. The molecule has 1 aromatic rings. The first-order valence-electron chi connectivity index (χ1n) is 6.75. The number of rotatable bonds is 5. The van der Waals surface area contributed by atoms with Crippen LogP contribution in [0.3, 0.4) is 0 Å². The molecule has 0 radical (unpaired) electrons. The Bertz CT molecular complexity index is 425. The Kier molecular flexibility index (Phi) is 5.08. The summed E-state index contributed by atoms with van der Waals surface area (Å²) in [6.45, 7) is 2.96. The predicted octanol–water partition coefficient (Wildman–Crippen LogP) is 2.90. The van der Waals surface area contributed by atoms with Crippen molar-refractivity contribution in [1.29, 1.82) is 0 Å². The standard InChI is InChI=1S/C15H22ClNO2/c1-10-6-12(9-19-10)14(17-2)8-11-7-13(16)4-5-15(11)18-3/h4-5,7,10,12,14,17H,6,8-9H2,1-3H3. The van der Waals surface area contributed by atoms with Crippen molar-refractivity contribution in [3.05, 3.63) is 28.8 Å². The molecule has 4 heteroatoms. The second-order valence-corrected chi connectivity index (χ2v) is 5.63. The van der Waals surface area contributed by atoms with E-state index in [1.54, 1.807) is 7.11 Å². The maximum Gasteiger partial charge on any atom is 0.122 e. The molecule has 1 saturated heterocycles. The van der Waals surface area contributed by atoms with Crippen LogP contribution in [0.1, 0.15) is 18.9 Å². The van der Waals surface area contributed by atoms with Crippen LogP contribution in [-0.2, 0) is 11.2 Å². The van der Waals surface area contributed by atoms with Crippen molar-refractivity contribution >= 4 is 11.6 Å². The molecule has 3 unspecified atom stereocenters. The third-order valence-electron chi connectivity index (χ3n) is 3.85. The van der Waals surface area contributed by atoms with Crippen LogP contribution in [0.15, 0.2) is 18.2 Å². The molecule has 0 bridgehead atoms. The molecule has 1 heterocycles. The fraction of sp³-hybridized carbons (Fsp3) is 0.600. The van der Waals surface area contributed by atoms with E-state index in [2.05, 4.69) is 12.2 Å². The van der Waals surface area contributed by atoms with Gasteiger partial charge in [0.2, 0.25) is 0 Å². The van der Waals surface area contributed by atoms with Gasteiger partial charge in [-0.25, -0.2) is 0 Å². The smallest absolute Gasteiger partial charge is 0.122 e. The number of hydrogen-bond donors (Lipinski definition) is 1. The molecule has 0 aliphatic carbocycles. The molecular formula is C15H22ClNO2. The first kappa shape index (κ1) is 14.6. The lowest BCUT2D eigenvalue weighted by molar-refractivity contribution is 0.117. The highest BCUT2D eigenvalue weighted by Gasteiger charge is 2.29. The molecular weight excluding hydrogens is 262 g/mol. The number of nitrogens with one attached hydrogen (secondary N) is 1. The van der Waals surface area contributed by atoms with Gasteiger partial charge in [0, 0.05) is 17.0 Å². The predicted molar refractivity (Wildman–Crippen MR) is 78.1 cm³/mol. The molecule has 106 valence electrons. The number of methoxy groups -OCH3 is 1. The van der Waals surface area contributed by atoms with Crippen molar-refractivity contribution in [3.8, 4) is 5.75 Å². The third kappa shape index (κ3) is 3.62. The van der Waals surface area contributed by atoms with Gasteiger partial charge in [0.1, 0.15) is 5.75 Å². The Balaban J connectivity index is 2.11. The summed E-state index contributed by atoms with van der Waals surface area (Å²) in [5.74, 6) is 1.44. The number of benzene rings is 1. The van der Waals surface area contributed by atoms with Gasteiger partial charge in [-0.15, -0.1) is 0 Å². The normalized spacial score (nSPS) is 24.4. The second kappa shape index (κ2) is 6.60. The van der Waals surface area contributed by atoms with Crippen LogP contribution in [0.4, 0.5) is 0 Å². The van der Waals surface area contributed by atoms with Crippen LogP contribution < -0.4 is 10.1 Å². The Morgan fingerprint density at radius 1 is 1.53 bits per heavy atom. The maximum absolute atomic E-state index is 6.08. The maximum atomic E-state index is 6.08. The SMILES string of the molecule is CNC(Cc1cc(Cl)ccc1OC)C1COC(C)C1. The number of halogens is 1. The average molecular weight is 284 g/mol. The van der Waals surface area contributed by atoms with E-state index in [0.29, 0.717) is 18.1 Å². The minimum Gasteiger partial charge on any atom is -0.496 e. The fourth-order valence-corrected chi connectivity index (χ4v) is 2.97. The highest BCUT2D eigenvalue weighted by atomic mass is 35.5. The molecule has 0 aromatic heterocycles. The first-order valence-corrected chi connectivity index (χ1v) is 7.13. The zero-order chi connectivity index (χ0) is 13.8. The molecule has 1 aliphatic rings. The molecule has 1 N–H and O–H groups in total. The van der Waals surface area contributed by atoms with Gasteiger partial charge in [0.15, 0.2) is 0 Å². The summed E-state index contributed by atoms with van der Waals surface area (Å²) < 4.78 is 11.1. The van der Waals surface area contributed by atoms with Crippen LogP contribution in [0, 0.1) is 5.92 Å². The molecule has 1 fully saturated rings. The van der Waals surface area contributed by atoms with Gasteiger partial charge in [0.25, 0.3) is 0 Å². The van der Waals surface area contributed by atoms with Crippen LogP contribution in [-0.4, -0.2) is 32.9 Å². The molecule has 1 aromatic carbocycles. The van der Waals surface area contributed by atoms with E-state index in [-0.39, 0.29) is 0 Å². The second-order valence-electron chi connectivity index (χ2n) is 5.20. The lowest BCUT2D eigenvalue weighted by Gasteiger charge is -2.23. The van der Waals surface area contributed by atoms with Crippen molar-refractivity contribution in [1.82, 2.24) is 5.32 Å². The number of hydrogen-bond acceptors (Lipinski definition) is 3. The summed E-state index contributed by atoms with van der Waals surface area (Å²) >= 11 is 6.08. The fourth-order valence-electron chi connectivity index (χ4n) is 2.78. The van der Waals surface area contributed by atoms with E-state index < -0.39 is 0 Å². The Labute approximate surface area is 120 Å². The molecule has 0 spiro atoms. The van der Waals surface area contributed by atoms with Gasteiger partial charge in [0.05, 0.1) is 19.8 Å². The summed E-state index contributed by atoms with van der Waals surface area (Å²) in [7, 11) is 3.70. The zero-order valence-corrected chi connectivity index (χ0v) is 12.5. The molecule has 0 saturated carbocycles. The highest BCUT2D eigenvalue weighted by Crippen LogP contribution is 2.28. The summed E-state index contributed by atoms with van der Waals surface area (Å²) in [6, 6.07) is 6.17. The van der Waals surface area contributed by atoms with Crippen molar-refractivity contribution in [3.63, 3.8) is 0 Å². The molecule has 0 amide bonds. The topological polar surface area (TPSA) is 30.5 Å². The van der Waals surface area contributed by atoms with E-state index in [4.69, 9.17) is 21.1 Å². The van der Waals surface area contributed by atoms with Gasteiger partial charge in [-0.05, 0) is 50.6 Å². The quantitative estimate of drug-likeness (QED) is 0.901. The lowest BCUT2D eigenvalue weighted by atomic mass is 9.91. The minimum absolute atomic E-state index is 0.363. The van der Waals surface area contributed by atoms with E-state index in [9.17, 15) is 0 Å². The average Bonchev–Trinajstić information content (AvgIpc) is 2.82. The number of ether oxygens (including phenoxy) is 2. The van der Waals surface area contributed by atoms with E-state index in [0.717, 1.165) is 35.8 Å².